The summed E-state index contributed by atoms with van der Waals surface area (Å²) in [6.07, 6.45) is 2.57. The fraction of sp³-hybridized carbons (Fsp3) is 0.220. The normalized spacial score (nSPS) is 23.8. The molecule has 2 amide bonds. The summed E-state index contributed by atoms with van der Waals surface area (Å²) >= 11 is 0. The van der Waals surface area contributed by atoms with Crippen molar-refractivity contribution < 1.29 is 24.2 Å². The number of nitrogens with one attached hydrogen (secondary N) is 1. The van der Waals surface area contributed by atoms with E-state index in [-0.39, 0.29) is 18.2 Å². The van der Waals surface area contributed by atoms with Crippen LogP contribution >= 0.6 is 0 Å². The molecule has 6 atom stereocenters. The molecule has 316 valence electrons. The van der Waals surface area contributed by atoms with Gasteiger partial charge in [-0.05, 0) is 70.8 Å². The molecule has 2 aromatic heterocycles. The number of fused-ring (bicyclic) bond motifs is 4. The molecule has 6 unspecified atom stereocenters. The van der Waals surface area contributed by atoms with Crippen LogP contribution in [0.1, 0.15) is 46.0 Å². The maximum Gasteiger partial charge on any atom is 0.324 e. The number of esters is 1. The van der Waals surface area contributed by atoms with Crippen molar-refractivity contribution in [1.82, 2.24) is 34.8 Å². The highest BCUT2D eigenvalue weighted by Crippen LogP contribution is 2.65. The minimum Gasteiger partial charge on any atom is -0.508 e. The first-order chi connectivity index (χ1) is 31.4. The van der Waals surface area contributed by atoms with Crippen LogP contribution in [0.25, 0.3) is 11.0 Å². The monoisotopic (exact) mass is 847 g/mol. The highest BCUT2D eigenvalue weighted by atomic mass is 16.6. The number of ether oxygens (including phenoxy) is 1. The molecule has 2 N–H and O–H groups in total. The number of carbonyl (C=O) groups is 3. The molecule has 0 radical (unpaired) electrons. The molecule has 4 aliphatic heterocycles. The van der Waals surface area contributed by atoms with E-state index in [4.69, 9.17) is 4.74 Å². The lowest BCUT2D eigenvalue weighted by Crippen LogP contribution is -2.58. The van der Waals surface area contributed by atoms with E-state index < -0.39 is 47.4 Å². The Kier molecular flexibility index (Phi) is 9.62. The molecule has 6 heterocycles. The van der Waals surface area contributed by atoms with Crippen LogP contribution in [0.5, 0.6) is 5.75 Å². The lowest BCUT2D eigenvalue weighted by molar-refractivity contribution is -0.179. The van der Waals surface area contributed by atoms with Gasteiger partial charge in [-0.15, -0.1) is 5.10 Å². The van der Waals surface area contributed by atoms with E-state index in [0.29, 0.717) is 54.5 Å². The Morgan fingerprint density at radius 1 is 0.781 bits per heavy atom. The number of nitrogens with zero attached hydrogens (tertiary/aromatic N) is 8. The van der Waals surface area contributed by atoms with Crippen molar-refractivity contribution in [3.63, 3.8) is 0 Å². The van der Waals surface area contributed by atoms with Crippen molar-refractivity contribution >= 4 is 40.5 Å². The fourth-order valence-electron chi connectivity index (χ4n) is 10.3. The fourth-order valence-corrected chi connectivity index (χ4v) is 10.3. The molecule has 7 aromatic rings. The number of carbonyl (C=O) groups excluding carboxylic acids is 3. The molecule has 14 heteroatoms. The van der Waals surface area contributed by atoms with Gasteiger partial charge >= 0.3 is 5.97 Å². The minimum absolute atomic E-state index is 0.0362. The molecule has 4 aliphatic rings. The number of aromatic hydroxyl groups is 1. The van der Waals surface area contributed by atoms with Gasteiger partial charge in [-0.2, -0.15) is 0 Å². The summed E-state index contributed by atoms with van der Waals surface area (Å²) in [5, 5.41) is 22.4. The molecule has 11 rings (SSSR count). The molecular formula is C50H41N9O5. The lowest BCUT2D eigenvalue weighted by Gasteiger charge is -2.46. The molecule has 0 bridgehead atoms. The van der Waals surface area contributed by atoms with Crippen LogP contribution in [0.2, 0.25) is 0 Å². The van der Waals surface area contributed by atoms with Crippen molar-refractivity contribution in [3.8, 4) is 17.6 Å². The first-order valence-corrected chi connectivity index (χ1v) is 21.3. The Hall–Kier alpha value is -7.89. The molecule has 0 saturated carbocycles. The number of benzene rings is 5. The van der Waals surface area contributed by atoms with Gasteiger partial charge in [0.15, 0.2) is 0 Å². The van der Waals surface area contributed by atoms with Crippen LogP contribution in [0.3, 0.4) is 0 Å². The van der Waals surface area contributed by atoms with Gasteiger partial charge in [0.25, 0.3) is 0 Å². The SMILES string of the molecule is O=C1OC(c2ccccc2)C(c2ccccc2)N2C1C(C(=O)N1CCN(c3ncccn3)CC1)C1(C(=O)Nc3ccc(C#CCn4nnc5ccccc54)cc31)C2c1ccc(O)cc1. The molecule has 3 fully saturated rings. The number of aromatic nitrogens is 5. The summed E-state index contributed by atoms with van der Waals surface area (Å²) in [4.78, 5) is 61.4. The van der Waals surface area contributed by atoms with E-state index in [1.165, 1.54) is 0 Å². The summed E-state index contributed by atoms with van der Waals surface area (Å²) in [5.41, 5.74) is 3.86. The largest absolute Gasteiger partial charge is 0.508 e. The van der Waals surface area contributed by atoms with Gasteiger partial charge in [-0.1, -0.05) is 102 Å². The zero-order chi connectivity index (χ0) is 43.4. The van der Waals surface area contributed by atoms with Gasteiger partial charge in [0.2, 0.25) is 17.8 Å². The molecule has 64 heavy (non-hydrogen) atoms. The van der Waals surface area contributed by atoms with Crippen LogP contribution < -0.4 is 10.2 Å². The van der Waals surface area contributed by atoms with Gasteiger partial charge in [0.1, 0.15) is 35.4 Å². The third-order valence-corrected chi connectivity index (χ3v) is 13.1. The van der Waals surface area contributed by atoms with E-state index in [9.17, 15) is 5.11 Å². The van der Waals surface area contributed by atoms with Crippen LogP contribution in [0, 0.1) is 17.8 Å². The smallest absolute Gasteiger partial charge is 0.324 e. The van der Waals surface area contributed by atoms with Crippen LogP contribution in [-0.2, 0) is 31.1 Å². The van der Waals surface area contributed by atoms with Crippen molar-refractivity contribution in [1.29, 1.82) is 0 Å². The van der Waals surface area contributed by atoms with Crippen LogP contribution in [0.4, 0.5) is 11.6 Å². The Labute approximate surface area is 368 Å². The maximum absolute atomic E-state index is 15.9. The average Bonchev–Trinajstić information content (AvgIpc) is 4.00. The number of anilines is 2. The number of hydrogen-bond acceptors (Lipinski definition) is 11. The number of phenolic OH excluding ortho intramolecular Hbond substituents is 1. The third kappa shape index (κ3) is 6.34. The van der Waals surface area contributed by atoms with Gasteiger partial charge in [0, 0.05) is 49.8 Å². The van der Waals surface area contributed by atoms with Gasteiger partial charge in [-0.3, -0.25) is 19.3 Å². The lowest BCUT2D eigenvalue weighted by atomic mass is 9.65. The third-order valence-electron chi connectivity index (χ3n) is 13.1. The van der Waals surface area contributed by atoms with Crippen molar-refractivity contribution in [2.45, 2.75) is 36.2 Å². The number of amides is 2. The second-order valence-electron chi connectivity index (χ2n) is 16.5. The number of cyclic esters (lactones) is 1. The molecule has 14 nitrogen and oxygen atoms in total. The highest BCUT2D eigenvalue weighted by Gasteiger charge is 2.74. The summed E-state index contributed by atoms with van der Waals surface area (Å²) in [5.74, 6) is 4.52. The summed E-state index contributed by atoms with van der Waals surface area (Å²) in [6.45, 7) is 1.77. The standard InChI is InChI=1S/C50H41N9O5/c60-36-21-19-35(20-22-36)45-50(37-31-32(18-23-38(37)53-48(50)63)11-9-26-58-40-17-8-7-16-39(40)54-55-58)41(46(61)56-27-29-57(30-28-56)49-51-24-10-25-52-49)43-47(62)64-44(34-14-5-2-6-15-34)42(59(43)45)33-12-3-1-4-13-33/h1-8,10,12-25,31,41-45,60H,26-30H2,(H,53,63). The number of rotatable bonds is 6. The van der Waals surface area contributed by atoms with E-state index in [1.807, 2.05) is 108 Å². The second kappa shape index (κ2) is 15.8. The van der Waals surface area contributed by atoms with E-state index in [1.54, 1.807) is 52.3 Å². The molecule has 0 aliphatic carbocycles. The number of morpholine rings is 1. The summed E-state index contributed by atoms with van der Waals surface area (Å²) < 4.78 is 8.32. The summed E-state index contributed by atoms with van der Waals surface area (Å²) in [7, 11) is 0. The zero-order valence-corrected chi connectivity index (χ0v) is 34.4. The average molecular weight is 848 g/mol. The Morgan fingerprint density at radius 3 is 2.23 bits per heavy atom. The van der Waals surface area contributed by atoms with E-state index >= 15 is 14.4 Å². The minimum atomic E-state index is -1.69. The van der Waals surface area contributed by atoms with Gasteiger partial charge < -0.3 is 25.0 Å². The predicted molar refractivity (Wildman–Crippen MR) is 236 cm³/mol. The van der Waals surface area contributed by atoms with Crippen molar-refractivity contribution in [2.75, 3.05) is 36.4 Å². The van der Waals surface area contributed by atoms with E-state index in [2.05, 4.69) is 42.3 Å². The summed E-state index contributed by atoms with van der Waals surface area (Å²) in [6, 6.07) is 38.3. The zero-order valence-electron chi connectivity index (χ0n) is 34.4. The molecular weight excluding hydrogens is 807 g/mol. The van der Waals surface area contributed by atoms with Crippen molar-refractivity contribution in [3.05, 3.63) is 174 Å². The topological polar surface area (TPSA) is 159 Å². The van der Waals surface area contributed by atoms with Gasteiger partial charge in [-0.25, -0.2) is 14.6 Å². The number of piperazine rings is 1. The predicted octanol–water partition coefficient (Wildman–Crippen LogP) is 5.60. The second-order valence-corrected chi connectivity index (χ2v) is 16.5. The maximum atomic E-state index is 15.9. The highest BCUT2D eigenvalue weighted by molar-refractivity contribution is 6.12. The first kappa shape index (κ1) is 39.0. The Morgan fingerprint density at radius 2 is 1.48 bits per heavy atom. The number of hydrogen-bond donors (Lipinski definition) is 2. The van der Waals surface area contributed by atoms with Crippen LogP contribution in [0.15, 0.2) is 146 Å². The number of para-hydroxylation sites is 1. The molecule has 3 saturated heterocycles. The molecule has 1 spiro atoms. The first-order valence-electron chi connectivity index (χ1n) is 21.3. The Balaban J connectivity index is 1.10. The van der Waals surface area contributed by atoms with E-state index in [0.717, 1.165) is 22.2 Å². The van der Waals surface area contributed by atoms with Crippen molar-refractivity contribution in [2.24, 2.45) is 5.92 Å². The van der Waals surface area contributed by atoms with Crippen LogP contribution in [-0.4, -0.2) is 89.9 Å². The number of phenols is 1. The molecule has 5 aromatic carbocycles. The van der Waals surface area contributed by atoms with Gasteiger partial charge in [0.05, 0.1) is 23.5 Å². The quantitative estimate of drug-likeness (QED) is 0.159. The Bertz CT molecular complexity index is 2970.